The second kappa shape index (κ2) is 11.5. The number of hydrogen-bond acceptors (Lipinski definition) is 2. The minimum absolute atomic E-state index is 0.306. The molecule has 0 saturated carbocycles. The van der Waals surface area contributed by atoms with Gasteiger partial charge >= 0.3 is 0 Å². The molecule has 0 fully saturated rings. The quantitative estimate of drug-likeness (QED) is 0.186. The zero-order chi connectivity index (χ0) is 30.2. The molecule has 44 heavy (non-hydrogen) atoms. The highest BCUT2D eigenvalue weighted by Gasteiger charge is 2.15. The Bertz CT molecular complexity index is 2090. The van der Waals surface area contributed by atoms with Crippen LogP contribution in [0.15, 0.2) is 133 Å². The van der Waals surface area contributed by atoms with Crippen molar-refractivity contribution in [2.24, 2.45) is 0 Å². The van der Waals surface area contributed by atoms with E-state index < -0.39 is 0 Å². The Morgan fingerprint density at radius 1 is 0.386 bits per heavy atom. The van der Waals surface area contributed by atoms with Gasteiger partial charge in [-0.3, -0.25) is 9.97 Å². The first-order valence-electron chi connectivity index (χ1n) is 15.6. The van der Waals surface area contributed by atoms with Crippen molar-refractivity contribution in [2.45, 2.75) is 39.5 Å². The van der Waals surface area contributed by atoms with Gasteiger partial charge in [0, 0.05) is 22.2 Å². The molecule has 0 aliphatic rings. The molecule has 0 N–H and O–H groups in total. The van der Waals surface area contributed by atoms with E-state index in [9.17, 15) is 0 Å². The lowest BCUT2D eigenvalue weighted by Gasteiger charge is -2.15. The van der Waals surface area contributed by atoms with Crippen molar-refractivity contribution in [3.8, 4) is 44.5 Å². The van der Waals surface area contributed by atoms with Gasteiger partial charge in [-0.15, -0.1) is 0 Å². The van der Waals surface area contributed by atoms with Crippen LogP contribution in [0.4, 0.5) is 0 Å². The first-order valence-corrected chi connectivity index (χ1v) is 15.6. The number of hydrogen-bond donors (Lipinski definition) is 0. The zero-order valence-corrected chi connectivity index (χ0v) is 25.8. The van der Waals surface area contributed by atoms with Crippen LogP contribution in [0.1, 0.15) is 50.9 Å². The molecule has 0 bridgehead atoms. The van der Waals surface area contributed by atoms with Gasteiger partial charge in [-0.25, -0.2) is 0 Å². The average molecular weight is 569 g/mol. The molecular formula is C42H36N2. The zero-order valence-electron chi connectivity index (χ0n) is 25.8. The molecule has 2 heterocycles. The summed E-state index contributed by atoms with van der Waals surface area (Å²) in [5.74, 6) is 0.666. The fourth-order valence-electron chi connectivity index (χ4n) is 6.05. The molecule has 2 nitrogen and oxygen atoms in total. The summed E-state index contributed by atoms with van der Waals surface area (Å²) in [6.45, 7) is 8.81. The summed E-state index contributed by atoms with van der Waals surface area (Å²) in [6, 6.07) is 48.1. The van der Waals surface area contributed by atoms with Crippen molar-refractivity contribution in [1.29, 1.82) is 0 Å². The molecule has 0 aliphatic heterocycles. The van der Waals surface area contributed by atoms with E-state index in [-0.39, 0.29) is 0 Å². The summed E-state index contributed by atoms with van der Waals surface area (Å²) in [7, 11) is 0. The van der Waals surface area contributed by atoms with Gasteiger partial charge in [0.1, 0.15) is 0 Å². The highest BCUT2D eigenvalue weighted by Crippen LogP contribution is 2.38. The summed E-state index contributed by atoms with van der Waals surface area (Å²) >= 11 is 0. The molecule has 0 amide bonds. The number of pyridine rings is 2. The van der Waals surface area contributed by atoms with Gasteiger partial charge in [-0.05, 0) is 74.5 Å². The lowest BCUT2D eigenvalue weighted by molar-refractivity contribution is 0.826. The monoisotopic (exact) mass is 568 g/mol. The summed E-state index contributed by atoms with van der Waals surface area (Å²) in [4.78, 5) is 10.3. The SMILES string of the molecule is CC(C)c1ccc2ccc3c(-c4ccc(-c5ccc(-c6ccccc6)c(-c6ccccc6)c5)cc4)cc(C(C)C)nc3c2n1. The third-order valence-electron chi connectivity index (χ3n) is 8.58. The van der Waals surface area contributed by atoms with Crippen LogP contribution < -0.4 is 0 Å². The maximum absolute atomic E-state index is 5.16. The lowest BCUT2D eigenvalue weighted by atomic mass is 9.90. The minimum atomic E-state index is 0.306. The van der Waals surface area contributed by atoms with Gasteiger partial charge in [-0.1, -0.05) is 143 Å². The Morgan fingerprint density at radius 2 is 0.932 bits per heavy atom. The van der Waals surface area contributed by atoms with E-state index in [1.807, 2.05) is 0 Å². The van der Waals surface area contributed by atoms with E-state index in [4.69, 9.17) is 9.97 Å². The molecule has 5 aromatic carbocycles. The first kappa shape index (κ1) is 27.7. The molecule has 214 valence electrons. The molecule has 0 saturated heterocycles. The second-order valence-corrected chi connectivity index (χ2v) is 12.2. The summed E-state index contributed by atoms with van der Waals surface area (Å²) in [5, 5.41) is 2.27. The largest absolute Gasteiger partial charge is 0.250 e. The van der Waals surface area contributed by atoms with Crippen LogP contribution in [0.5, 0.6) is 0 Å². The number of benzene rings is 5. The molecule has 0 atom stereocenters. The fourth-order valence-corrected chi connectivity index (χ4v) is 6.05. The molecule has 0 unspecified atom stereocenters. The van der Waals surface area contributed by atoms with Crippen molar-refractivity contribution in [2.75, 3.05) is 0 Å². The number of aromatic nitrogens is 2. The van der Waals surface area contributed by atoms with E-state index in [1.165, 1.54) is 44.5 Å². The van der Waals surface area contributed by atoms with E-state index in [2.05, 4.69) is 161 Å². The molecule has 7 aromatic rings. The molecule has 2 aromatic heterocycles. The lowest BCUT2D eigenvalue weighted by Crippen LogP contribution is -1.99. The van der Waals surface area contributed by atoms with Gasteiger partial charge in [0.25, 0.3) is 0 Å². The van der Waals surface area contributed by atoms with Crippen LogP contribution in [0.25, 0.3) is 66.3 Å². The predicted molar refractivity (Wildman–Crippen MR) is 187 cm³/mol. The Labute approximate surface area is 260 Å². The minimum Gasteiger partial charge on any atom is -0.250 e. The summed E-state index contributed by atoms with van der Waals surface area (Å²) in [6.07, 6.45) is 0. The Kier molecular flexibility index (Phi) is 7.28. The van der Waals surface area contributed by atoms with Crippen molar-refractivity contribution in [1.82, 2.24) is 9.97 Å². The maximum Gasteiger partial charge on any atom is 0.0974 e. The van der Waals surface area contributed by atoms with Crippen LogP contribution in [-0.2, 0) is 0 Å². The first-order chi connectivity index (χ1) is 21.5. The highest BCUT2D eigenvalue weighted by molar-refractivity contribution is 6.08. The molecule has 0 radical (unpaired) electrons. The van der Waals surface area contributed by atoms with Crippen LogP contribution in [-0.4, -0.2) is 9.97 Å². The molecule has 7 rings (SSSR count). The standard InChI is InChI=1S/C42H36N2/c1-27(2)39-24-21-33-19-23-36-38(26-40(28(3)4)44-42(36)41(33)43-39)32-17-15-29(16-18-32)34-20-22-35(30-11-7-5-8-12-30)37(25-34)31-13-9-6-10-14-31/h5-28H,1-4H3. The molecule has 0 spiro atoms. The van der Waals surface area contributed by atoms with Crippen LogP contribution in [0, 0.1) is 0 Å². The Hall–Kier alpha value is -5.08. The number of nitrogens with zero attached hydrogens (tertiary/aromatic N) is 2. The van der Waals surface area contributed by atoms with Crippen LogP contribution in [0.2, 0.25) is 0 Å². The maximum atomic E-state index is 5.16. The summed E-state index contributed by atoms with van der Waals surface area (Å²) in [5.41, 5.74) is 13.9. The van der Waals surface area contributed by atoms with Gasteiger partial charge < -0.3 is 0 Å². The third kappa shape index (κ3) is 5.18. The Morgan fingerprint density at radius 3 is 1.59 bits per heavy atom. The fraction of sp³-hybridized carbons (Fsp3) is 0.143. The summed E-state index contributed by atoms with van der Waals surface area (Å²) < 4.78 is 0. The van der Waals surface area contributed by atoms with E-state index in [0.717, 1.165) is 33.2 Å². The van der Waals surface area contributed by atoms with Crippen LogP contribution >= 0.6 is 0 Å². The van der Waals surface area contributed by atoms with Gasteiger partial charge in [0.15, 0.2) is 0 Å². The average Bonchev–Trinajstić information content (AvgIpc) is 3.08. The van der Waals surface area contributed by atoms with E-state index in [1.54, 1.807) is 0 Å². The van der Waals surface area contributed by atoms with Gasteiger partial charge in [0.05, 0.1) is 11.0 Å². The Balaban J connectivity index is 1.34. The smallest absolute Gasteiger partial charge is 0.0974 e. The van der Waals surface area contributed by atoms with Crippen molar-refractivity contribution in [3.05, 3.63) is 145 Å². The third-order valence-corrected chi connectivity index (χ3v) is 8.58. The van der Waals surface area contributed by atoms with Crippen molar-refractivity contribution >= 4 is 21.8 Å². The van der Waals surface area contributed by atoms with Crippen molar-refractivity contribution < 1.29 is 0 Å². The van der Waals surface area contributed by atoms with Gasteiger partial charge in [-0.2, -0.15) is 0 Å². The van der Waals surface area contributed by atoms with E-state index >= 15 is 0 Å². The number of fused-ring (bicyclic) bond motifs is 3. The second-order valence-electron chi connectivity index (χ2n) is 12.2. The topological polar surface area (TPSA) is 25.8 Å². The van der Waals surface area contributed by atoms with Crippen LogP contribution in [0.3, 0.4) is 0 Å². The molecule has 2 heteroatoms. The number of rotatable bonds is 6. The normalized spacial score (nSPS) is 11.6. The predicted octanol–water partition coefficient (Wildman–Crippen LogP) is 11.7. The molecular weight excluding hydrogens is 532 g/mol. The highest BCUT2D eigenvalue weighted by atomic mass is 14.8. The van der Waals surface area contributed by atoms with E-state index in [0.29, 0.717) is 11.8 Å². The molecule has 0 aliphatic carbocycles. The van der Waals surface area contributed by atoms with Crippen molar-refractivity contribution in [3.63, 3.8) is 0 Å². The van der Waals surface area contributed by atoms with Gasteiger partial charge in [0.2, 0.25) is 0 Å².